The minimum absolute atomic E-state index is 0.160. The summed E-state index contributed by atoms with van der Waals surface area (Å²) in [6, 6.07) is 11.3. The Balaban J connectivity index is 1.83. The van der Waals surface area contributed by atoms with E-state index in [0.717, 1.165) is 22.3 Å². The van der Waals surface area contributed by atoms with Crippen LogP contribution in [0.2, 0.25) is 0 Å². The zero-order valence-corrected chi connectivity index (χ0v) is 12.4. The van der Waals surface area contributed by atoms with Crippen molar-refractivity contribution in [2.24, 2.45) is 0 Å². The fourth-order valence-corrected chi connectivity index (χ4v) is 2.25. The van der Waals surface area contributed by atoms with Crippen LogP contribution < -0.4 is 0 Å². The molecule has 0 aliphatic heterocycles. The van der Waals surface area contributed by atoms with Crippen molar-refractivity contribution < 1.29 is 9.21 Å². The van der Waals surface area contributed by atoms with Gasteiger partial charge in [-0.05, 0) is 31.3 Å². The van der Waals surface area contributed by atoms with E-state index in [1.165, 1.54) is 0 Å². The van der Waals surface area contributed by atoms with E-state index in [0.29, 0.717) is 13.0 Å². The summed E-state index contributed by atoms with van der Waals surface area (Å²) in [6.45, 7) is 1.44. The Labute approximate surface area is 121 Å². The number of hydrogen-bond donors (Lipinski definition) is 0. The molecule has 0 spiro atoms. The van der Waals surface area contributed by atoms with Crippen LogP contribution in [0.5, 0.6) is 0 Å². The molecular formula is C15H16BrNO2. The number of halogens is 1. The van der Waals surface area contributed by atoms with Crippen molar-refractivity contribution in [3.63, 3.8) is 0 Å². The molecule has 0 unspecified atom stereocenters. The lowest BCUT2D eigenvalue weighted by Gasteiger charge is -2.14. The molecule has 100 valence electrons. The number of hydrogen-bond acceptors (Lipinski definition) is 3. The zero-order valence-electron chi connectivity index (χ0n) is 10.8. The highest BCUT2D eigenvalue weighted by atomic mass is 79.9. The molecule has 0 saturated carbocycles. The molecule has 0 N–H and O–H groups in total. The van der Waals surface area contributed by atoms with Crippen LogP contribution in [-0.2, 0) is 6.54 Å². The van der Waals surface area contributed by atoms with E-state index in [4.69, 9.17) is 4.42 Å². The van der Waals surface area contributed by atoms with Crippen molar-refractivity contribution in [3.05, 3.63) is 58.5 Å². The molecule has 0 fully saturated rings. The fraction of sp³-hybridized carbons (Fsp3) is 0.267. The largest absolute Gasteiger partial charge is 0.468 e. The molecular weight excluding hydrogens is 306 g/mol. The number of benzene rings is 1. The predicted molar refractivity (Wildman–Crippen MR) is 78.1 cm³/mol. The molecule has 1 aromatic carbocycles. The maximum atomic E-state index is 12.0. The number of carbonyl (C=O) groups is 1. The van der Waals surface area contributed by atoms with Gasteiger partial charge in [0.05, 0.1) is 12.8 Å². The van der Waals surface area contributed by atoms with Crippen LogP contribution in [-0.4, -0.2) is 24.3 Å². The van der Waals surface area contributed by atoms with Gasteiger partial charge in [0.15, 0.2) is 5.78 Å². The van der Waals surface area contributed by atoms with E-state index in [9.17, 15) is 4.79 Å². The Morgan fingerprint density at radius 3 is 2.84 bits per heavy atom. The SMILES string of the molecule is CN(CCC(=O)c1cccc(Br)c1)Cc1ccco1. The Morgan fingerprint density at radius 2 is 2.16 bits per heavy atom. The smallest absolute Gasteiger partial charge is 0.164 e. The standard InChI is InChI=1S/C15H16BrNO2/c1-17(11-14-6-3-9-19-14)8-7-15(18)12-4-2-5-13(16)10-12/h2-6,9-10H,7-8,11H2,1H3. The third-order valence-corrected chi connectivity index (χ3v) is 3.37. The molecule has 1 heterocycles. The Kier molecular flexibility index (Phi) is 4.93. The third kappa shape index (κ3) is 4.33. The second kappa shape index (κ2) is 6.68. The number of furan rings is 1. The summed E-state index contributed by atoms with van der Waals surface area (Å²) >= 11 is 3.38. The van der Waals surface area contributed by atoms with Gasteiger partial charge in [0.2, 0.25) is 0 Å². The minimum atomic E-state index is 0.160. The van der Waals surface area contributed by atoms with Crippen LogP contribution in [0.15, 0.2) is 51.6 Å². The Hall–Kier alpha value is -1.39. The molecule has 0 aliphatic carbocycles. The number of nitrogens with zero attached hydrogens (tertiary/aromatic N) is 1. The van der Waals surface area contributed by atoms with Crippen molar-refractivity contribution in [1.82, 2.24) is 4.90 Å². The molecule has 0 radical (unpaired) electrons. The second-order valence-corrected chi connectivity index (χ2v) is 5.42. The molecule has 0 bridgehead atoms. The zero-order chi connectivity index (χ0) is 13.7. The predicted octanol–water partition coefficient (Wildman–Crippen LogP) is 3.75. The highest BCUT2D eigenvalue weighted by Crippen LogP contribution is 2.13. The van der Waals surface area contributed by atoms with E-state index < -0.39 is 0 Å². The van der Waals surface area contributed by atoms with Crippen molar-refractivity contribution in [3.8, 4) is 0 Å². The number of ketones is 1. The minimum Gasteiger partial charge on any atom is -0.468 e. The average Bonchev–Trinajstić information content (AvgIpc) is 2.88. The number of Topliss-reactive ketones (excluding diaryl/α,β-unsaturated/α-hetero) is 1. The lowest BCUT2D eigenvalue weighted by Crippen LogP contribution is -2.21. The molecule has 19 heavy (non-hydrogen) atoms. The van der Waals surface area contributed by atoms with E-state index in [1.54, 1.807) is 6.26 Å². The highest BCUT2D eigenvalue weighted by Gasteiger charge is 2.09. The first-order chi connectivity index (χ1) is 9.15. The van der Waals surface area contributed by atoms with E-state index in [-0.39, 0.29) is 5.78 Å². The van der Waals surface area contributed by atoms with Gasteiger partial charge in [0.1, 0.15) is 5.76 Å². The van der Waals surface area contributed by atoms with Gasteiger partial charge in [-0.3, -0.25) is 9.69 Å². The topological polar surface area (TPSA) is 33.5 Å². The first-order valence-electron chi connectivity index (χ1n) is 6.15. The molecule has 4 heteroatoms. The van der Waals surface area contributed by atoms with Gasteiger partial charge in [-0.1, -0.05) is 28.1 Å². The normalized spacial score (nSPS) is 10.9. The maximum absolute atomic E-state index is 12.0. The van der Waals surface area contributed by atoms with Gasteiger partial charge in [-0.25, -0.2) is 0 Å². The van der Waals surface area contributed by atoms with Gasteiger partial charge in [0, 0.05) is 23.0 Å². The van der Waals surface area contributed by atoms with Crippen molar-refractivity contribution >= 4 is 21.7 Å². The molecule has 0 atom stereocenters. The fourth-order valence-electron chi connectivity index (χ4n) is 1.85. The highest BCUT2D eigenvalue weighted by molar-refractivity contribution is 9.10. The van der Waals surface area contributed by atoms with Crippen molar-refractivity contribution in [1.29, 1.82) is 0 Å². The number of rotatable bonds is 6. The summed E-state index contributed by atoms with van der Waals surface area (Å²) in [5.74, 6) is 1.07. The van der Waals surface area contributed by atoms with Crippen molar-refractivity contribution in [2.75, 3.05) is 13.6 Å². The molecule has 2 aromatic rings. The second-order valence-electron chi connectivity index (χ2n) is 4.50. The van der Waals surface area contributed by atoms with Gasteiger partial charge in [-0.2, -0.15) is 0 Å². The molecule has 0 saturated heterocycles. The summed E-state index contributed by atoms with van der Waals surface area (Å²) in [4.78, 5) is 14.1. The third-order valence-electron chi connectivity index (χ3n) is 2.87. The Bertz CT molecular complexity index is 537. The summed E-state index contributed by atoms with van der Waals surface area (Å²) < 4.78 is 6.21. The summed E-state index contributed by atoms with van der Waals surface area (Å²) in [5.41, 5.74) is 0.751. The monoisotopic (exact) mass is 321 g/mol. The summed E-state index contributed by atoms with van der Waals surface area (Å²) in [6.07, 6.45) is 2.17. The van der Waals surface area contributed by atoms with Crippen LogP contribution in [0.1, 0.15) is 22.5 Å². The van der Waals surface area contributed by atoms with Crippen LogP contribution in [0.4, 0.5) is 0 Å². The number of carbonyl (C=O) groups excluding carboxylic acids is 1. The summed E-state index contributed by atoms with van der Waals surface area (Å²) in [5, 5.41) is 0. The first kappa shape index (κ1) is 14.0. The van der Waals surface area contributed by atoms with E-state index in [2.05, 4.69) is 20.8 Å². The molecule has 1 aromatic heterocycles. The quantitative estimate of drug-likeness (QED) is 0.760. The molecule has 3 nitrogen and oxygen atoms in total. The summed E-state index contributed by atoms with van der Waals surface area (Å²) in [7, 11) is 1.98. The molecule has 2 rings (SSSR count). The first-order valence-corrected chi connectivity index (χ1v) is 6.94. The van der Waals surface area contributed by atoms with Gasteiger partial charge in [-0.15, -0.1) is 0 Å². The lowest BCUT2D eigenvalue weighted by molar-refractivity contribution is 0.0966. The van der Waals surface area contributed by atoms with Crippen LogP contribution in [0, 0.1) is 0 Å². The Morgan fingerprint density at radius 1 is 1.32 bits per heavy atom. The van der Waals surface area contributed by atoms with Gasteiger partial charge < -0.3 is 4.42 Å². The maximum Gasteiger partial charge on any atom is 0.164 e. The van der Waals surface area contributed by atoms with E-state index >= 15 is 0 Å². The van der Waals surface area contributed by atoms with Gasteiger partial charge >= 0.3 is 0 Å². The van der Waals surface area contributed by atoms with Crippen LogP contribution in [0.3, 0.4) is 0 Å². The van der Waals surface area contributed by atoms with Gasteiger partial charge in [0.25, 0.3) is 0 Å². The van der Waals surface area contributed by atoms with Crippen molar-refractivity contribution in [2.45, 2.75) is 13.0 Å². The average molecular weight is 322 g/mol. The van der Waals surface area contributed by atoms with Crippen LogP contribution >= 0.6 is 15.9 Å². The molecule has 0 amide bonds. The molecule has 0 aliphatic rings. The lowest BCUT2D eigenvalue weighted by atomic mass is 10.1. The van der Waals surface area contributed by atoms with E-state index in [1.807, 2.05) is 43.4 Å². The van der Waals surface area contributed by atoms with Crippen LogP contribution in [0.25, 0.3) is 0 Å².